The molecule has 0 radical (unpaired) electrons. The van der Waals surface area contributed by atoms with Crippen LogP contribution >= 0.6 is 22.9 Å². The van der Waals surface area contributed by atoms with Gasteiger partial charge in [0.2, 0.25) is 0 Å². The molecule has 0 aliphatic heterocycles. The Labute approximate surface area is 231 Å². The van der Waals surface area contributed by atoms with E-state index in [1.807, 2.05) is 24.1 Å². The number of carbonyl (C=O) groups excluding carboxylic acids is 1. The average molecular weight is 551 g/mol. The molecule has 0 unspecified atom stereocenters. The lowest BCUT2D eigenvalue weighted by atomic mass is 9.89. The molecule has 3 N–H and O–H groups in total. The van der Waals surface area contributed by atoms with E-state index in [0.29, 0.717) is 33.4 Å². The highest BCUT2D eigenvalue weighted by Crippen LogP contribution is 2.39. The van der Waals surface area contributed by atoms with Crippen molar-refractivity contribution in [2.75, 3.05) is 12.8 Å². The highest BCUT2D eigenvalue weighted by atomic mass is 35.5. The molecule has 2 aromatic heterocycles. The third kappa shape index (κ3) is 5.28. The lowest BCUT2D eigenvalue weighted by molar-refractivity contribution is 0.0606. The molecular formula is C30H32ClFN4OS. The molecule has 2 aromatic carbocycles. The Morgan fingerprint density at radius 3 is 2.55 bits per heavy atom. The van der Waals surface area contributed by atoms with Crippen LogP contribution in [0.15, 0.2) is 54.7 Å². The summed E-state index contributed by atoms with van der Waals surface area (Å²) in [5.41, 5.74) is 10.1. The number of benzene rings is 2. The first-order valence-corrected chi connectivity index (χ1v) is 14.3. The van der Waals surface area contributed by atoms with E-state index in [0.717, 1.165) is 48.8 Å². The van der Waals surface area contributed by atoms with Crippen LogP contribution < -0.4 is 11.1 Å². The number of nitrogens with two attached hydrogens (primary N) is 1. The molecule has 4 aromatic rings. The van der Waals surface area contributed by atoms with Gasteiger partial charge in [-0.3, -0.25) is 4.79 Å². The normalized spacial score (nSPS) is 17.6. The van der Waals surface area contributed by atoms with E-state index < -0.39 is 5.82 Å². The lowest BCUT2D eigenvalue weighted by Gasteiger charge is -2.37. The molecule has 0 atom stereocenters. The fourth-order valence-corrected chi connectivity index (χ4v) is 6.95. The molecule has 5 rings (SSSR count). The summed E-state index contributed by atoms with van der Waals surface area (Å²) in [7, 11) is 1.99. The maximum atomic E-state index is 14.6. The van der Waals surface area contributed by atoms with Gasteiger partial charge in [0, 0.05) is 40.5 Å². The van der Waals surface area contributed by atoms with Crippen LogP contribution in [0, 0.1) is 5.82 Å². The van der Waals surface area contributed by atoms with Crippen molar-refractivity contribution >= 4 is 44.7 Å². The number of nitrogens with one attached hydrogen (secondary N) is 1. The third-order valence-corrected chi connectivity index (χ3v) is 9.29. The second-order valence-electron chi connectivity index (χ2n) is 9.89. The number of hydrogen-bond donors (Lipinski definition) is 2. The van der Waals surface area contributed by atoms with Crippen molar-refractivity contribution in [3.63, 3.8) is 0 Å². The number of nitrogens with zero attached hydrogens (tertiary/aromatic N) is 2. The molecule has 2 heterocycles. The van der Waals surface area contributed by atoms with Crippen molar-refractivity contribution < 1.29 is 9.18 Å². The Hall–Kier alpha value is -3.00. The molecule has 0 spiro atoms. The third-order valence-electron chi connectivity index (χ3n) is 7.65. The summed E-state index contributed by atoms with van der Waals surface area (Å²) in [5.74, 6) is -0.0585. The van der Waals surface area contributed by atoms with Gasteiger partial charge < -0.3 is 16.0 Å². The van der Waals surface area contributed by atoms with E-state index in [1.165, 1.54) is 23.0 Å². The first-order valence-electron chi connectivity index (χ1n) is 13.1. The van der Waals surface area contributed by atoms with Gasteiger partial charge in [-0.15, -0.1) is 11.3 Å². The highest BCUT2D eigenvalue weighted by Gasteiger charge is 2.32. The summed E-state index contributed by atoms with van der Waals surface area (Å²) in [6, 6.07) is 15.5. The van der Waals surface area contributed by atoms with Crippen LogP contribution in [-0.4, -0.2) is 34.9 Å². The second-order valence-corrected chi connectivity index (χ2v) is 11.3. The largest absolute Gasteiger partial charge is 0.384 e. The SMILES string of the molecule is CCc1ccc(-c2ccc(N)nc2)cc1CN(C(=O)c1sc2cccc(F)c2c1Cl)[C@H]1CC[C@H](NC)CC1. The van der Waals surface area contributed by atoms with Crippen molar-refractivity contribution in [2.24, 2.45) is 0 Å². The number of aromatic nitrogens is 1. The number of fused-ring (bicyclic) bond motifs is 1. The Morgan fingerprint density at radius 2 is 1.89 bits per heavy atom. The number of hydrogen-bond acceptors (Lipinski definition) is 5. The topological polar surface area (TPSA) is 71.2 Å². The van der Waals surface area contributed by atoms with E-state index in [-0.39, 0.29) is 17.0 Å². The van der Waals surface area contributed by atoms with Gasteiger partial charge in [-0.1, -0.05) is 36.7 Å². The molecule has 1 amide bonds. The van der Waals surface area contributed by atoms with Crippen molar-refractivity contribution in [1.82, 2.24) is 15.2 Å². The van der Waals surface area contributed by atoms with Crippen LogP contribution in [0.2, 0.25) is 5.02 Å². The Bertz CT molecular complexity index is 1450. The molecule has 1 saturated carbocycles. The quantitative estimate of drug-likeness (QED) is 0.258. The number of thiophene rings is 1. The van der Waals surface area contributed by atoms with E-state index >= 15 is 0 Å². The second kappa shape index (κ2) is 11.4. The van der Waals surface area contributed by atoms with Crippen LogP contribution in [0.3, 0.4) is 0 Å². The molecule has 1 aliphatic rings. The van der Waals surface area contributed by atoms with Crippen molar-refractivity contribution in [2.45, 2.75) is 57.7 Å². The standard InChI is InChI=1S/C30H32ClFN4OS/c1-3-18-7-8-19(20-9-14-26(33)35-16-20)15-21(18)17-36(23-12-10-22(34-2)11-13-23)30(37)29-28(31)27-24(32)5-4-6-25(27)38-29/h4-9,14-16,22-23,34H,3,10-13,17H2,1-2H3,(H2,33,35)/t22-,23-. The van der Waals surface area contributed by atoms with Crippen LogP contribution in [-0.2, 0) is 13.0 Å². The van der Waals surface area contributed by atoms with Gasteiger partial charge in [-0.05, 0) is 86.2 Å². The van der Waals surface area contributed by atoms with Crippen LogP contribution in [0.1, 0.15) is 53.4 Å². The number of amides is 1. The first kappa shape index (κ1) is 26.6. The summed E-state index contributed by atoms with van der Waals surface area (Å²) in [6.07, 6.45) is 6.41. The minimum Gasteiger partial charge on any atom is -0.384 e. The number of nitrogen functional groups attached to an aromatic ring is 1. The Kier molecular flexibility index (Phi) is 7.98. The van der Waals surface area contributed by atoms with Crippen molar-refractivity contribution in [3.8, 4) is 11.1 Å². The van der Waals surface area contributed by atoms with Gasteiger partial charge in [-0.2, -0.15) is 0 Å². The highest BCUT2D eigenvalue weighted by molar-refractivity contribution is 7.21. The molecule has 0 bridgehead atoms. The Balaban J connectivity index is 1.54. The number of rotatable bonds is 7. The monoisotopic (exact) mass is 550 g/mol. The lowest BCUT2D eigenvalue weighted by Crippen LogP contribution is -2.44. The minimum atomic E-state index is -0.401. The van der Waals surface area contributed by atoms with Crippen LogP contribution in [0.25, 0.3) is 21.2 Å². The molecule has 5 nitrogen and oxygen atoms in total. The number of anilines is 1. The van der Waals surface area contributed by atoms with Crippen LogP contribution in [0.4, 0.5) is 10.2 Å². The Morgan fingerprint density at radius 1 is 1.13 bits per heavy atom. The van der Waals surface area contributed by atoms with E-state index in [1.54, 1.807) is 18.3 Å². The van der Waals surface area contributed by atoms with Gasteiger partial charge in [0.05, 0.1) is 5.02 Å². The van der Waals surface area contributed by atoms with Gasteiger partial charge in [0.15, 0.2) is 0 Å². The van der Waals surface area contributed by atoms with Crippen molar-refractivity contribution in [1.29, 1.82) is 0 Å². The molecule has 8 heteroatoms. The zero-order valence-electron chi connectivity index (χ0n) is 21.6. The summed E-state index contributed by atoms with van der Waals surface area (Å²) in [5, 5.41) is 3.91. The fraction of sp³-hybridized carbons (Fsp3) is 0.333. The number of aryl methyl sites for hydroxylation is 1. The van der Waals surface area contributed by atoms with Gasteiger partial charge >= 0.3 is 0 Å². The summed E-state index contributed by atoms with van der Waals surface area (Å²) in [4.78, 5) is 20.8. The maximum Gasteiger partial charge on any atom is 0.266 e. The summed E-state index contributed by atoms with van der Waals surface area (Å²) < 4.78 is 15.3. The maximum absolute atomic E-state index is 14.6. The van der Waals surface area contributed by atoms with E-state index in [9.17, 15) is 9.18 Å². The molecule has 1 aliphatic carbocycles. The molecule has 38 heavy (non-hydrogen) atoms. The minimum absolute atomic E-state index is 0.0739. The molecule has 0 saturated heterocycles. The first-order chi connectivity index (χ1) is 18.4. The fourth-order valence-electron chi connectivity index (χ4n) is 5.44. The number of pyridine rings is 1. The average Bonchev–Trinajstić information content (AvgIpc) is 3.29. The smallest absolute Gasteiger partial charge is 0.266 e. The molecular weight excluding hydrogens is 519 g/mol. The molecule has 198 valence electrons. The number of carbonyl (C=O) groups is 1. The zero-order chi connectivity index (χ0) is 26.8. The van der Waals surface area contributed by atoms with E-state index in [2.05, 4.69) is 35.4 Å². The van der Waals surface area contributed by atoms with E-state index in [4.69, 9.17) is 17.3 Å². The van der Waals surface area contributed by atoms with Gasteiger partial charge in [0.1, 0.15) is 16.5 Å². The summed E-state index contributed by atoms with van der Waals surface area (Å²) in [6.45, 7) is 2.58. The summed E-state index contributed by atoms with van der Waals surface area (Å²) >= 11 is 7.93. The molecule has 1 fully saturated rings. The predicted molar refractivity (Wildman–Crippen MR) is 155 cm³/mol. The number of halogens is 2. The predicted octanol–water partition coefficient (Wildman–Crippen LogP) is 7.07. The van der Waals surface area contributed by atoms with Gasteiger partial charge in [0.25, 0.3) is 5.91 Å². The van der Waals surface area contributed by atoms with Crippen LogP contribution in [0.5, 0.6) is 0 Å². The van der Waals surface area contributed by atoms with Crippen molar-refractivity contribution in [3.05, 3.63) is 81.6 Å². The van der Waals surface area contributed by atoms with Gasteiger partial charge in [-0.25, -0.2) is 9.37 Å². The zero-order valence-corrected chi connectivity index (χ0v) is 23.2.